The third-order valence-electron chi connectivity index (χ3n) is 4.43. The van der Waals surface area contributed by atoms with Crippen molar-refractivity contribution >= 4 is 11.0 Å². The summed E-state index contributed by atoms with van der Waals surface area (Å²) in [4.78, 5) is 11.4. The minimum absolute atomic E-state index is 0.611. The molecule has 3 aromatic rings. The van der Waals surface area contributed by atoms with Crippen LogP contribution < -0.4 is 0 Å². The zero-order valence-electron chi connectivity index (χ0n) is 15.8. The number of aliphatic hydroxyl groups is 1. The largest absolute Gasteiger partial charge is 0.390 e. The van der Waals surface area contributed by atoms with Crippen LogP contribution >= 0.6 is 0 Å². The molecule has 0 amide bonds. The van der Waals surface area contributed by atoms with Gasteiger partial charge in [0.05, 0.1) is 28.5 Å². The van der Waals surface area contributed by atoms with Crippen molar-refractivity contribution in [3.05, 3.63) is 71.5 Å². The predicted octanol–water partition coefficient (Wildman–Crippen LogP) is 3.97. The molecule has 26 heavy (non-hydrogen) atoms. The Morgan fingerprint density at radius 1 is 0.923 bits per heavy atom. The summed E-state index contributed by atoms with van der Waals surface area (Å²) in [5, 5.41) is 9.84. The van der Waals surface area contributed by atoms with E-state index in [2.05, 4.69) is 41.2 Å². The van der Waals surface area contributed by atoms with Gasteiger partial charge in [0.1, 0.15) is 0 Å². The van der Waals surface area contributed by atoms with E-state index >= 15 is 0 Å². The van der Waals surface area contributed by atoms with E-state index in [1.54, 1.807) is 0 Å². The molecule has 3 rings (SSSR count). The third-order valence-corrected chi connectivity index (χ3v) is 4.43. The van der Waals surface area contributed by atoms with E-state index in [-0.39, 0.29) is 0 Å². The van der Waals surface area contributed by atoms with Gasteiger partial charge < -0.3 is 5.11 Å². The Kier molecular flexibility index (Phi) is 5.64. The predicted molar refractivity (Wildman–Crippen MR) is 106 cm³/mol. The van der Waals surface area contributed by atoms with Gasteiger partial charge in [-0.05, 0) is 57.0 Å². The van der Waals surface area contributed by atoms with Crippen molar-refractivity contribution in [3.63, 3.8) is 0 Å². The first-order valence-corrected chi connectivity index (χ1v) is 9.08. The molecule has 0 spiro atoms. The monoisotopic (exact) mass is 349 g/mol. The van der Waals surface area contributed by atoms with Crippen LogP contribution in [0, 0.1) is 0 Å². The van der Waals surface area contributed by atoms with E-state index in [1.807, 2.05) is 44.3 Å². The maximum absolute atomic E-state index is 9.84. The van der Waals surface area contributed by atoms with Gasteiger partial charge in [0.15, 0.2) is 0 Å². The average molecular weight is 349 g/mol. The van der Waals surface area contributed by atoms with Gasteiger partial charge in [-0.2, -0.15) is 0 Å². The summed E-state index contributed by atoms with van der Waals surface area (Å²) in [5.74, 6) is 0. The molecule has 4 heteroatoms. The van der Waals surface area contributed by atoms with Crippen molar-refractivity contribution < 1.29 is 5.11 Å². The molecule has 0 aliphatic heterocycles. The zero-order chi connectivity index (χ0) is 18.6. The molecule has 0 aliphatic carbocycles. The SMILES string of the molecule is CN(Cc1ccc(CCC(C)(C)O)cc1)Cc1cnc2ccccc2n1. The van der Waals surface area contributed by atoms with E-state index < -0.39 is 5.60 Å². The lowest BCUT2D eigenvalue weighted by molar-refractivity contribution is 0.0714. The second kappa shape index (κ2) is 7.94. The van der Waals surface area contributed by atoms with Gasteiger partial charge in [0.2, 0.25) is 0 Å². The summed E-state index contributed by atoms with van der Waals surface area (Å²) in [6, 6.07) is 16.6. The first-order valence-electron chi connectivity index (χ1n) is 9.08. The van der Waals surface area contributed by atoms with Gasteiger partial charge >= 0.3 is 0 Å². The Morgan fingerprint density at radius 2 is 1.58 bits per heavy atom. The molecular weight excluding hydrogens is 322 g/mol. The molecule has 0 radical (unpaired) electrons. The van der Waals surface area contributed by atoms with Gasteiger partial charge in [0.25, 0.3) is 0 Å². The molecule has 0 fully saturated rings. The van der Waals surface area contributed by atoms with Gasteiger partial charge in [-0.25, -0.2) is 4.98 Å². The molecular formula is C22H27N3O. The maximum atomic E-state index is 9.84. The van der Waals surface area contributed by atoms with E-state index in [0.717, 1.165) is 42.7 Å². The molecule has 4 nitrogen and oxygen atoms in total. The highest BCUT2D eigenvalue weighted by Gasteiger charge is 2.12. The minimum Gasteiger partial charge on any atom is -0.390 e. The molecule has 2 aromatic carbocycles. The highest BCUT2D eigenvalue weighted by atomic mass is 16.3. The van der Waals surface area contributed by atoms with Crippen molar-refractivity contribution in [1.82, 2.24) is 14.9 Å². The molecule has 1 aromatic heterocycles. The first-order chi connectivity index (χ1) is 12.4. The van der Waals surface area contributed by atoms with Crippen LogP contribution in [-0.2, 0) is 19.5 Å². The molecule has 0 saturated carbocycles. The van der Waals surface area contributed by atoms with E-state index in [0.29, 0.717) is 0 Å². The molecule has 0 aliphatic rings. The number of hydrogen-bond acceptors (Lipinski definition) is 4. The fraction of sp³-hybridized carbons (Fsp3) is 0.364. The van der Waals surface area contributed by atoms with Crippen LogP contribution in [0.4, 0.5) is 0 Å². The number of rotatable bonds is 7. The smallest absolute Gasteiger partial charge is 0.0890 e. The number of aromatic nitrogens is 2. The number of para-hydroxylation sites is 2. The van der Waals surface area contributed by atoms with E-state index in [4.69, 9.17) is 4.98 Å². The lowest BCUT2D eigenvalue weighted by Gasteiger charge is -2.18. The van der Waals surface area contributed by atoms with Crippen molar-refractivity contribution in [3.8, 4) is 0 Å². The van der Waals surface area contributed by atoms with E-state index in [9.17, 15) is 5.11 Å². The summed E-state index contributed by atoms with van der Waals surface area (Å²) in [7, 11) is 2.10. The first kappa shape index (κ1) is 18.5. The minimum atomic E-state index is -0.611. The van der Waals surface area contributed by atoms with Gasteiger partial charge in [-0.1, -0.05) is 36.4 Å². The number of nitrogens with zero attached hydrogens (tertiary/aromatic N) is 3. The fourth-order valence-electron chi connectivity index (χ4n) is 2.98. The summed E-state index contributed by atoms with van der Waals surface area (Å²) in [5.41, 5.74) is 4.77. The topological polar surface area (TPSA) is 49.2 Å². The van der Waals surface area contributed by atoms with Crippen LogP contribution in [0.5, 0.6) is 0 Å². The van der Waals surface area contributed by atoms with Crippen molar-refractivity contribution in [1.29, 1.82) is 0 Å². The summed E-state index contributed by atoms with van der Waals surface area (Å²) >= 11 is 0. The summed E-state index contributed by atoms with van der Waals surface area (Å²) < 4.78 is 0. The van der Waals surface area contributed by atoms with E-state index in [1.165, 1.54) is 11.1 Å². The van der Waals surface area contributed by atoms with Crippen molar-refractivity contribution in [2.75, 3.05) is 7.05 Å². The summed E-state index contributed by atoms with van der Waals surface area (Å²) in [6.45, 7) is 5.33. The number of aryl methyl sites for hydroxylation is 1. The van der Waals surface area contributed by atoms with Crippen LogP contribution in [0.3, 0.4) is 0 Å². The molecule has 0 saturated heterocycles. The second-order valence-corrected chi connectivity index (χ2v) is 7.65. The Balaban J connectivity index is 1.57. The molecule has 136 valence electrons. The van der Waals surface area contributed by atoms with Crippen LogP contribution in [0.1, 0.15) is 37.1 Å². The van der Waals surface area contributed by atoms with Crippen LogP contribution in [0.2, 0.25) is 0 Å². The van der Waals surface area contributed by atoms with Gasteiger partial charge in [-0.3, -0.25) is 9.88 Å². The van der Waals surface area contributed by atoms with Gasteiger partial charge in [0, 0.05) is 13.1 Å². The number of benzene rings is 2. The Hall–Kier alpha value is -2.30. The molecule has 1 heterocycles. The van der Waals surface area contributed by atoms with Crippen LogP contribution in [0.25, 0.3) is 11.0 Å². The van der Waals surface area contributed by atoms with Crippen LogP contribution in [0.15, 0.2) is 54.7 Å². The molecule has 1 N–H and O–H groups in total. The lowest BCUT2D eigenvalue weighted by Crippen LogP contribution is -2.19. The highest BCUT2D eigenvalue weighted by Crippen LogP contribution is 2.15. The maximum Gasteiger partial charge on any atom is 0.0890 e. The molecule has 0 unspecified atom stereocenters. The quantitative estimate of drug-likeness (QED) is 0.701. The lowest BCUT2D eigenvalue weighted by atomic mass is 9.98. The Bertz CT molecular complexity index is 853. The van der Waals surface area contributed by atoms with Gasteiger partial charge in [-0.15, -0.1) is 0 Å². The standard InChI is InChI=1S/C22H27N3O/c1-22(2,26)13-12-17-8-10-18(11-9-17)15-25(3)16-19-14-23-20-6-4-5-7-21(20)24-19/h4-11,14,26H,12-13,15-16H2,1-3H3. The zero-order valence-corrected chi connectivity index (χ0v) is 15.8. The van der Waals surface area contributed by atoms with Crippen molar-refractivity contribution in [2.24, 2.45) is 0 Å². The Labute approximate surface area is 155 Å². The highest BCUT2D eigenvalue weighted by molar-refractivity contribution is 5.73. The van der Waals surface area contributed by atoms with Crippen LogP contribution in [-0.4, -0.2) is 32.6 Å². The third kappa shape index (κ3) is 5.35. The molecule has 0 atom stereocenters. The summed E-state index contributed by atoms with van der Waals surface area (Å²) in [6.07, 6.45) is 3.53. The van der Waals surface area contributed by atoms with Crippen molar-refractivity contribution in [2.45, 2.75) is 45.4 Å². The number of hydrogen-bond donors (Lipinski definition) is 1. The average Bonchev–Trinajstić information content (AvgIpc) is 2.60. The normalized spacial score (nSPS) is 12.0. The fourth-order valence-corrected chi connectivity index (χ4v) is 2.98. The second-order valence-electron chi connectivity index (χ2n) is 7.65. The Morgan fingerprint density at radius 3 is 2.27 bits per heavy atom. The molecule has 0 bridgehead atoms. The number of fused-ring (bicyclic) bond motifs is 1.